The van der Waals surface area contributed by atoms with Gasteiger partial charge in [0.05, 0.1) is 12.7 Å². The van der Waals surface area contributed by atoms with Gasteiger partial charge in [0.25, 0.3) is 5.91 Å². The molecule has 6 nitrogen and oxygen atoms in total. The lowest BCUT2D eigenvalue weighted by atomic mass is 10.1. The van der Waals surface area contributed by atoms with Crippen LogP contribution in [0.15, 0.2) is 65.8 Å². The van der Waals surface area contributed by atoms with Crippen LogP contribution in [0.5, 0.6) is 0 Å². The molecule has 0 aliphatic carbocycles. The van der Waals surface area contributed by atoms with Gasteiger partial charge in [-0.1, -0.05) is 36.4 Å². The number of hydrogen-bond donors (Lipinski definition) is 0. The molecule has 0 spiro atoms. The van der Waals surface area contributed by atoms with Gasteiger partial charge in [0, 0.05) is 37.6 Å². The standard InChI is InChI=1S/C24H27N3O3/c1-3-4-11-27-21(16-20-10-14-30-24(20)27)23(29)25-12-13-26(18(2)17-25)22(28)15-19-8-6-5-7-9-19/h3,5-10,14,16,18H,1,4,11-13,15,17H2,2H3/t18-/m0/s1. The van der Waals surface area contributed by atoms with Crippen molar-refractivity contribution in [3.63, 3.8) is 0 Å². The van der Waals surface area contributed by atoms with Crippen molar-refractivity contribution in [3.8, 4) is 0 Å². The van der Waals surface area contributed by atoms with Crippen LogP contribution in [-0.4, -0.2) is 51.9 Å². The number of carbonyl (C=O) groups is 2. The molecule has 1 saturated heterocycles. The Morgan fingerprint density at radius 3 is 2.73 bits per heavy atom. The Labute approximate surface area is 176 Å². The lowest BCUT2D eigenvalue weighted by Gasteiger charge is -2.40. The van der Waals surface area contributed by atoms with E-state index in [4.69, 9.17) is 4.42 Å². The Balaban J connectivity index is 1.46. The van der Waals surface area contributed by atoms with Gasteiger partial charge in [-0.2, -0.15) is 0 Å². The van der Waals surface area contributed by atoms with Gasteiger partial charge in [-0.3, -0.25) is 9.59 Å². The zero-order chi connectivity index (χ0) is 21.1. The third-order valence-corrected chi connectivity index (χ3v) is 5.71. The van der Waals surface area contributed by atoms with E-state index in [2.05, 4.69) is 6.58 Å². The van der Waals surface area contributed by atoms with Crippen LogP contribution >= 0.6 is 0 Å². The van der Waals surface area contributed by atoms with E-state index < -0.39 is 0 Å². The van der Waals surface area contributed by atoms with E-state index in [1.807, 2.05) is 69.8 Å². The quantitative estimate of drug-likeness (QED) is 0.587. The summed E-state index contributed by atoms with van der Waals surface area (Å²) in [6, 6.07) is 13.5. The summed E-state index contributed by atoms with van der Waals surface area (Å²) in [5.41, 5.74) is 2.35. The number of rotatable bonds is 6. The Morgan fingerprint density at radius 1 is 1.20 bits per heavy atom. The molecule has 1 atom stereocenters. The maximum Gasteiger partial charge on any atom is 0.270 e. The first-order valence-corrected chi connectivity index (χ1v) is 10.4. The molecule has 3 heterocycles. The summed E-state index contributed by atoms with van der Waals surface area (Å²) in [4.78, 5) is 29.8. The highest BCUT2D eigenvalue weighted by molar-refractivity contribution is 5.98. The first kappa shape index (κ1) is 20.0. The molecule has 0 unspecified atom stereocenters. The van der Waals surface area contributed by atoms with Gasteiger partial charge in [0.15, 0.2) is 0 Å². The van der Waals surface area contributed by atoms with Crippen molar-refractivity contribution in [1.29, 1.82) is 0 Å². The maximum atomic E-state index is 13.3. The fraction of sp³-hybridized carbons (Fsp3) is 0.333. The third-order valence-electron chi connectivity index (χ3n) is 5.71. The lowest BCUT2D eigenvalue weighted by Crippen LogP contribution is -2.56. The molecular formula is C24H27N3O3. The summed E-state index contributed by atoms with van der Waals surface area (Å²) in [7, 11) is 0. The van der Waals surface area contributed by atoms with E-state index in [-0.39, 0.29) is 17.9 Å². The number of carbonyl (C=O) groups excluding carboxylic acids is 2. The Bertz CT molecular complexity index is 1050. The van der Waals surface area contributed by atoms with Crippen LogP contribution in [0.3, 0.4) is 0 Å². The average molecular weight is 405 g/mol. The summed E-state index contributed by atoms with van der Waals surface area (Å²) in [6.45, 7) is 8.02. The van der Waals surface area contributed by atoms with E-state index in [1.165, 1.54) is 0 Å². The zero-order valence-corrected chi connectivity index (χ0v) is 17.3. The maximum absolute atomic E-state index is 13.3. The number of benzene rings is 1. The summed E-state index contributed by atoms with van der Waals surface area (Å²) in [5.74, 6) is 0.0835. The number of fused-ring (bicyclic) bond motifs is 1. The lowest BCUT2D eigenvalue weighted by molar-refractivity contribution is -0.134. The van der Waals surface area contributed by atoms with Gasteiger partial charge < -0.3 is 18.8 Å². The van der Waals surface area contributed by atoms with Crippen molar-refractivity contribution < 1.29 is 14.0 Å². The molecule has 1 fully saturated rings. The largest absolute Gasteiger partial charge is 0.448 e. The highest BCUT2D eigenvalue weighted by Gasteiger charge is 2.31. The predicted octanol–water partition coefficient (Wildman–Crippen LogP) is 3.73. The molecule has 1 aliphatic heterocycles. The molecule has 1 aliphatic rings. The van der Waals surface area contributed by atoms with Crippen LogP contribution in [0.1, 0.15) is 29.4 Å². The first-order chi connectivity index (χ1) is 14.6. The van der Waals surface area contributed by atoms with Gasteiger partial charge in [-0.15, -0.1) is 6.58 Å². The number of allylic oxidation sites excluding steroid dienone is 1. The molecule has 156 valence electrons. The molecule has 2 aromatic heterocycles. The smallest absolute Gasteiger partial charge is 0.270 e. The molecule has 3 aromatic rings. The summed E-state index contributed by atoms with van der Waals surface area (Å²) >= 11 is 0. The van der Waals surface area contributed by atoms with Crippen LogP contribution in [0, 0.1) is 0 Å². The van der Waals surface area contributed by atoms with Crippen molar-refractivity contribution in [1.82, 2.24) is 14.4 Å². The van der Waals surface area contributed by atoms with Gasteiger partial charge in [0.1, 0.15) is 5.69 Å². The summed E-state index contributed by atoms with van der Waals surface area (Å²) in [6.07, 6.45) is 4.62. The number of nitrogens with zero attached hydrogens (tertiary/aromatic N) is 3. The second-order valence-electron chi connectivity index (χ2n) is 7.79. The van der Waals surface area contributed by atoms with Gasteiger partial charge in [0.2, 0.25) is 11.6 Å². The molecule has 0 N–H and O–H groups in total. The molecule has 6 heteroatoms. The minimum absolute atomic E-state index is 0.0209. The molecule has 0 saturated carbocycles. The summed E-state index contributed by atoms with van der Waals surface area (Å²) in [5, 5.41) is 0.923. The van der Waals surface area contributed by atoms with Crippen molar-refractivity contribution in [2.45, 2.75) is 32.4 Å². The minimum atomic E-state index is -0.0292. The van der Waals surface area contributed by atoms with E-state index in [0.29, 0.717) is 44.0 Å². The third kappa shape index (κ3) is 3.90. The highest BCUT2D eigenvalue weighted by atomic mass is 16.3. The van der Waals surface area contributed by atoms with E-state index in [1.54, 1.807) is 6.26 Å². The molecule has 0 radical (unpaired) electrons. The first-order valence-electron chi connectivity index (χ1n) is 10.4. The molecule has 30 heavy (non-hydrogen) atoms. The zero-order valence-electron chi connectivity index (χ0n) is 17.3. The van der Waals surface area contributed by atoms with Crippen molar-refractivity contribution >= 4 is 22.9 Å². The van der Waals surface area contributed by atoms with Crippen LogP contribution in [0.25, 0.3) is 11.1 Å². The number of aromatic nitrogens is 1. The number of piperazine rings is 1. The normalized spacial score (nSPS) is 16.8. The van der Waals surface area contributed by atoms with Gasteiger partial charge >= 0.3 is 0 Å². The highest BCUT2D eigenvalue weighted by Crippen LogP contribution is 2.24. The number of amides is 2. The fourth-order valence-electron chi connectivity index (χ4n) is 4.14. The Hall–Kier alpha value is -3.28. The van der Waals surface area contributed by atoms with Crippen LogP contribution < -0.4 is 0 Å². The monoisotopic (exact) mass is 405 g/mol. The molecule has 2 amide bonds. The van der Waals surface area contributed by atoms with Crippen LogP contribution in [-0.2, 0) is 17.8 Å². The fourth-order valence-corrected chi connectivity index (χ4v) is 4.14. The van der Waals surface area contributed by atoms with Crippen LogP contribution in [0.2, 0.25) is 0 Å². The van der Waals surface area contributed by atoms with Gasteiger partial charge in [-0.25, -0.2) is 0 Å². The Morgan fingerprint density at radius 2 is 2.00 bits per heavy atom. The predicted molar refractivity (Wildman–Crippen MR) is 116 cm³/mol. The van der Waals surface area contributed by atoms with Crippen molar-refractivity contribution in [3.05, 3.63) is 72.6 Å². The van der Waals surface area contributed by atoms with E-state index in [0.717, 1.165) is 17.4 Å². The number of hydrogen-bond acceptors (Lipinski definition) is 3. The minimum Gasteiger partial charge on any atom is -0.448 e. The second kappa shape index (κ2) is 8.61. The van der Waals surface area contributed by atoms with Crippen molar-refractivity contribution in [2.75, 3.05) is 19.6 Å². The number of furan rings is 1. The second-order valence-corrected chi connectivity index (χ2v) is 7.79. The van der Waals surface area contributed by atoms with Crippen molar-refractivity contribution in [2.24, 2.45) is 0 Å². The van der Waals surface area contributed by atoms with E-state index >= 15 is 0 Å². The van der Waals surface area contributed by atoms with Crippen LogP contribution in [0.4, 0.5) is 0 Å². The molecule has 4 rings (SSSR count). The van der Waals surface area contributed by atoms with E-state index in [9.17, 15) is 9.59 Å². The van der Waals surface area contributed by atoms with Gasteiger partial charge in [-0.05, 0) is 31.0 Å². The molecule has 1 aromatic carbocycles. The molecule has 0 bridgehead atoms. The topological polar surface area (TPSA) is 58.7 Å². The Kier molecular flexibility index (Phi) is 5.74. The SMILES string of the molecule is C=CCCn1c(C(=O)N2CCN(C(=O)Cc3ccccc3)[C@@H](C)C2)cc2ccoc21. The summed E-state index contributed by atoms with van der Waals surface area (Å²) < 4.78 is 7.52. The molecular weight excluding hydrogens is 378 g/mol. The number of aryl methyl sites for hydroxylation is 1. The average Bonchev–Trinajstić information content (AvgIpc) is 3.34.